The second-order valence-corrected chi connectivity index (χ2v) is 9.49. The second-order valence-electron chi connectivity index (χ2n) is 9.49. The van der Waals surface area contributed by atoms with Crippen LogP contribution >= 0.6 is 0 Å². The van der Waals surface area contributed by atoms with E-state index in [1.165, 1.54) is 61.9 Å². The molecule has 2 rings (SSSR count). The lowest BCUT2D eigenvalue weighted by molar-refractivity contribution is 0.183. The van der Waals surface area contributed by atoms with Crippen LogP contribution in [0.15, 0.2) is 30.8 Å². The van der Waals surface area contributed by atoms with Crippen molar-refractivity contribution in [2.45, 2.75) is 73.1 Å². The Hall–Kier alpha value is -1.08. The molecule has 0 atom stereocenters. The van der Waals surface area contributed by atoms with Gasteiger partial charge in [-0.15, -0.1) is 0 Å². The molecule has 0 bridgehead atoms. The Labute approximate surface area is 156 Å². The van der Waals surface area contributed by atoms with Gasteiger partial charge in [-0.3, -0.25) is 0 Å². The number of piperidine rings is 1. The number of rotatable bonds is 8. The molecule has 25 heavy (non-hydrogen) atoms. The average Bonchev–Trinajstić information content (AvgIpc) is 2.55. The maximum Gasteiger partial charge on any atom is 0.00733 e. The van der Waals surface area contributed by atoms with E-state index in [2.05, 4.69) is 70.4 Å². The van der Waals surface area contributed by atoms with Crippen LogP contribution in [0.1, 0.15) is 77.8 Å². The molecule has 1 aliphatic heterocycles. The SMILES string of the molecule is C=C(c1ccc(CC(C)(C)CCC)cc1)C(C)(C)CN1CCCCC1. The van der Waals surface area contributed by atoms with Crippen molar-refractivity contribution in [3.05, 3.63) is 42.0 Å². The molecule has 0 radical (unpaired) electrons. The van der Waals surface area contributed by atoms with Crippen LogP contribution in [-0.4, -0.2) is 24.5 Å². The molecule has 1 saturated heterocycles. The highest BCUT2D eigenvalue weighted by atomic mass is 15.1. The first-order valence-electron chi connectivity index (χ1n) is 10.2. The van der Waals surface area contributed by atoms with E-state index in [9.17, 15) is 0 Å². The van der Waals surface area contributed by atoms with Gasteiger partial charge < -0.3 is 4.90 Å². The fraction of sp³-hybridized carbons (Fsp3) is 0.667. The van der Waals surface area contributed by atoms with Crippen LogP contribution in [-0.2, 0) is 6.42 Å². The topological polar surface area (TPSA) is 3.24 Å². The minimum atomic E-state index is 0.125. The summed E-state index contributed by atoms with van der Waals surface area (Å²) >= 11 is 0. The molecule has 0 unspecified atom stereocenters. The number of likely N-dealkylation sites (tertiary alicyclic amines) is 1. The van der Waals surface area contributed by atoms with Crippen LogP contribution < -0.4 is 0 Å². The van der Waals surface area contributed by atoms with Gasteiger partial charge in [-0.05, 0) is 60.9 Å². The molecular weight excluding hydrogens is 302 g/mol. The number of hydrogen-bond acceptors (Lipinski definition) is 1. The standard InChI is InChI=1S/C24H39N/c1-7-15-23(3,4)18-21-11-13-22(14-12-21)20(2)24(5,6)19-25-16-9-8-10-17-25/h11-14H,2,7-10,15-19H2,1,3-6H3. The first-order chi connectivity index (χ1) is 11.7. The van der Waals surface area contributed by atoms with Gasteiger partial charge in [0, 0.05) is 12.0 Å². The van der Waals surface area contributed by atoms with E-state index in [1.54, 1.807) is 0 Å². The normalized spacial score (nSPS) is 16.8. The number of benzene rings is 1. The van der Waals surface area contributed by atoms with E-state index in [-0.39, 0.29) is 5.41 Å². The van der Waals surface area contributed by atoms with Crippen LogP contribution in [0, 0.1) is 10.8 Å². The summed E-state index contributed by atoms with van der Waals surface area (Å²) in [6, 6.07) is 9.21. The van der Waals surface area contributed by atoms with Gasteiger partial charge in [-0.2, -0.15) is 0 Å². The third-order valence-electron chi connectivity index (χ3n) is 5.80. The van der Waals surface area contributed by atoms with Crippen LogP contribution in [0.3, 0.4) is 0 Å². The maximum absolute atomic E-state index is 4.47. The summed E-state index contributed by atoms with van der Waals surface area (Å²) in [4.78, 5) is 2.62. The Balaban J connectivity index is 2.01. The molecule has 0 N–H and O–H groups in total. The van der Waals surface area contributed by atoms with Gasteiger partial charge in [0.05, 0.1) is 0 Å². The molecule has 1 heterocycles. The van der Waals surface area contributed by atoms with Gasteiger partial charge in [-0.1, -0.05) is 78.3 Å². The molecule has 0 spiro atoms. The highest BCUT2D eigenvalue weighted by Gasteiger charge is 2.27. The van der Waals surface area contributed by atoms with Gasteiger partial charge >= 0.3 is 0 Å². The van der Waals surface area contributed by atoms with E-state index in [1.807, 2.05) is 0 Å². The van der Waals surface area contributed by atoms with Crippen LogP contribution in [0.4, 0.5) is 0 Å². The smallest absolute Gasteiger partial charge is 0.00733 e. The monoisotopic (exact) mass is 341 g/mol. The van der Waals surface area contributed by atoms with Crippen molar-refractivity contribution < 1.29 is 0 Å². The predicted octanol–water partition coefficient (Wildman–Crippen LogP) is 6.58. The molecule has 0 aliphatic carbocycles. The summed E-state index contributed by atoms with van der Waals surface area (Å²) in [5.74, 6) is 0. The Kier molecular flexibility index (Phi) is 6.91. The minimum Gasteiger partial charge on any atom is -0.302 e. The van der Waals surface area contributed by atoms with Gasteiger partial charge in [0.25, 0.3) is 0 Å². The zero-order chi connectivity index (χ0) is 18.5. The van der Waals surface area contributed by atoms with Gasteiger partial charge in [0.15, 0.2) is 0 Å². The average molecular weight is 342 g/mol. The largest absolute Gasteiger partial charge is 0.302 e. The zero-order valence-corrected chi connectivity index (χ0v) is 17.3. The van der Waals surface area contributed by atoms with Crippen molar-refractivity contribution in [3.8, 4) is 0 Å². The van der Waals surface area contributed by atoms with Crippen molar-refractivity contribution in [1.29, 1.82) is 0 Å². The Morgan fingerprint density at radius 1 is 1.00 bits per heavy atom. The summed E-state index contributed by atoms with van der Waals surface area (Å²) in [5.41, 5.74) is 4.54. The van der Waals surface area contributed by atoms with Crippen molar-refractivity contribution in [2.24, 2.45) is 10.8 Å². The highest BCUT2D eigenvalue weighted by molar-refractivity contribution is 5.68. The minimum absolute atomic E-state index is 0.125. The lowest BCUT2D eigenvalue weighted by atomic mass is 9.79. The first-order valence-corrected chi connectivity index (χ1v) is 10.2. The zero-order valence-electron chi connectivity index (χ0n) is 17.3. The summed E-state index contributed by atoms with van der Waals surface area (Å²) in [5, 5.41) is 0. The third kappa shape index (κ3) is 5.99. The fourth-order valence-electron chi connectivity index (χ4n) is 4.30. The van der Waals surface area contributed by atoms with Crippen molar-refractivity contribution in [3.63, 3.8) is 0 Å². The first kappa shape index (κ1) is 20.2. The van der Waals surface area contributed by atoms with Gasteiger partial charge in [0.1, 0.15) is 0 Å². The molecule has 0 aromatic heterocycles. The summed E-state index contributed by atoms with van der Waals surface area (Å²) in [7, 11) is 0. The predicted molar refractivity (Wildman–Crippen MR) is 112 cm³/mol. The Morgan fingerprint density at radius 3 is 2.16 bits per heavy atom. The molecule has 1 heteroatoms. The van der Waals surface area contributed by atoms with Crippen LogP contribution in [0.5, 0.6) is 0 Å². The van der Waals surface area contributed by atoms with Gasteiger partial charge in [0.2, 0.25) is 0 Å². The molecule has 1 fully saturated rings. The molecule has 1 nitrogen and oxygen atoms in total. The Bertz CT molecular complexity index is 544. The lowest BCUT2D eigenvalue weighted by Gasteiger charge is -2.36. The molecule has 0 saturated carbocycles. The quantitative estimate of drug-likeness (QED) is 0.516. The molecule has 1 aromatic rings. The van der Waals surface area contributed by atoms with E-state index < -0.39 is 0 Å². The second kappa shape index (κ2) is 8.54. The van der Waals surface area contributed by atoms with E-state index >= 15 is 0 Å². The van der Waals surface area contributed by atoms with Crippen molar-refractivity contribution in [2.75, 3.05) is 19.6 Å². The summed E-state index contributed by atoms with van der Waals surface area (Å²) < 4.78 is 0. The Morgan fingerprint density at radius 2 is 1.60 bits per heavy atom. The lowest BCUT2D eigenvalue weighted by Crippen LogP contribution is -2.38. The van der Waals surface area contributed by atoms with Crippen molar-refractivity contribution in [1.82, 2.24) is 4.90 Å². The highest BCUT2D eigenvalue weighted by Crippen LogP contribution is 2.35. The van der Waals surface area contributed by atoms with E-state index in [0.717, 1.165) is 13.0 Å². The maximum atomic E-state index is 4.47. The summed E-state index contributed by atoms with van der Waals surface area (Å²) in [6.45, 7) is 19.8. The summed E-state index contributed by atoms with van der Waals surface area (Å²) in [6.07, 6.45) is 7.80. The molecule has 140 valence electrons. The van der Waals surface area contributed by atoms with Gasteiger partial charge in [-0.25, -0.2) is 0 Å². The van der Waals surface area contributed by atoms with Crippen LogP contribution in [0.25, 0.3) is 5.57 Å². The molecule has 1 aromatic carbocycles. The fourth-order valence-corrected chi connectivity index (χ4v) is 4.30. The number of nitrogens with zero attached hydrogens (tertiary/aromatic N) is 1. The molecule has 1 aliphatic rings. The third-order valence-corrected chi connectivity index (χ3v) is 5.80. The molecule has 0 amide bonds. The van der Waals surface area contributed by atoms with E-state index in [4.69, 9.17) is 0 Å². The molecular formula is C24H39N. The van der Waals surface area contributed by atoms with E-state index in [0.29, 0.717) is 5.41 Å². The van der Waals surface area contributed by atoms with Crippen molar-refractivity contribution >= 4 is 5.57 Å². The van der Waals surface area contributed by atoms with Crippen LogP contribution in [0.2, 0.25) is 0 Å². The number of hydrogen-bond donors (Lipinski definition) is 0.